The first-order valence-corrected chi connectivity index (χ1v) is 10.1. The Balaban J connectivity index is 1.82. The molecule has 2 N–H and O–H groups in total. The standard InChI is InChI=1S/C21H23N3O4S/c1-5-18(19(25)22-15-11-13(2)10-14(3)12-15)29-20-21(26)28-23-24(20)16-6-8-17(27-4)9-7-16/h6-12,18H,5H2,1-4H3,(H-,22,23,25,26)/p+1. The molecule has 0 aliphatic heterocycles. The third-order valence-corrected chi connectivity index (χ3v) is 5.75. The first kappa shape index (κ1) is 20.7. The van der Waals surface area contributed by atoms with Crippen molar-refractivity contribution in [2.45, 2.75) is 37.5 Å². The number of aromatic nitrogens is 2. The maximum atomic E-state index is 12.8. The molecule has 1 aromatic heterocycles. The summed E-state index contributed by atoms with van der Waals surface area (Å²) in [7, 11) is 1.59. The van der Waals surface area contributed by atoms with Gasteiger partial charge in [-0.3, -0.25) is 9.32 Å². The van der Waals surface area contributed by atoms with Gasteiger partial charge in [-0.05, 0) is 77.4 Å². The van der Waals surface area contributed by atoms with E-state index in [1.54, 1.807) is 31.4 Å². The smallest absolute Gasteiger partial charge is 0.442 e. The minimum absolute atomic E-state index is 0.163. The van der Waals surface area contributed by atoms with Gasteiger partial charge in [-0.1, -0.05) is 13.0 Å². The van der Waals surface area contributed by atoms with Crippen molar-refractivity contribution in [1.82, 2.24) is 5.27 Å². The second kappa shape index (κ2) is 9.00. The summed E-state index contributed by atoms with van der Waals surface area (Å²) in [5.41, 5.74) is 3.07. The molecule has 8 heteroatoms. The molecule has 3 rings (SSSR count). The first-order chi connectivity index (χ1) is 13.9. The molecule has 0 spiro atoms. The van der Waals surface area contributed by atoms with Crippen LogP contribution in [0.2, 0.25) is 0 Å². The highest BCUT2D eigenvalue weighted by Gasteiger charge is 2.30. The number of aromatic amines is 1. The van der Waals surface area contributed by atoms with Crippen molar-refractivity contribution in [3.05, 3.63) is 64.0 Å². The number of nitrogens with zero attached hydrogens (tertiary/aromatic N) is 1. The largest absolute Gasteiger partial charge is 0.497 e. The van der Waals surface area contributed by atoms with E-state index in [1.165, 1.54) is 16.4 Å². The highest BCUT2D eigenvalue weighted by molar-refractivity contribution is 8.00. The SMILES string of the molecule is CCC(Sc1c(=O)o[nH][n+]1-c1ccc(OC)cc1)C(=O)Nc1cc(C)cc(C)c1. The Morgan fingerprint density at radius 3 is 2.45 bits per heavy atom. The Bertz CT molecular complexity index is 1040. The molecule has 2 aromatic carbocycles. The topological polar surface area (TPSA) is 88.2 Å². The average molecular weight is 415 g/mol. The molecular weight excluding hydrogens is 390 g/mol. The number of nitrogens with one attached hydrogen (secondary N) is 2. The third kappa shape index (κ3) is 4.89. The minimum Gasteiger partial charge on any atom is -0.497 e. The highest BCUT2D eigenvalue weighted by atomic mass is 32.2. The fraction of sp³-hybridized carbons (Fsp3) is 0.286. The molecule has 0 aliphatic carbocycles. The van der Waals surface area contributed by atoms with Crippen LogP contribution >= 0.6 is 11.8 Å². The van der Waals surface area contributed by atoms with Crippen LogP contribution in [0.1, 0.15) is 24.5 Å². The van der Waals surface area contributed by atoms with Crippen LogP contribution in [0.25, 0.3) is 5.69 Å². The Kier molecular flexibility index (Phi) is 6.43. The lowest BCUT2D eigenvalue weighted by atomic mass is 10.1. The zero-order valence-corrected chi connectivity index (χ0v) is 17.6. The van der Waals surface area contributed by atoms with Crippen LogP contribution < -0.4 is 20.4 Å². The number of ether oxygens (including phenoxy) is 1. The van der Waals surface area contributed by atoms with E-state index in [0.29, 0.717) is 22.9 Å². The van der Waals surface area contributed by atoms with E-state index < -0.39 is 10.9 Å². The van der Waals surface area contributed by atoms with Crippen molar-refractivity contribution in [1.29, 1.82) is 0 Å². The third-order valence-electron chi connectivity index (χ3n) is 4.34. The van der Waals surface area contributed by atoms with Crippen molar-refractivity contribution in [2.75, 3.05) is 12.4 Å². The molecule has 0 saturated heterocycles. The van der Waals surface area contributed by atoms with Crippen LogP contribution in [0.15, 0.2) is 56.8 Å². The van der Waals surface area contributed by atoms with Gasteiger partial charge in [0.15, 0.2) is 0 Å². The van der Waals surface area contributed by atoms with Gasteiger partial charge in [0.05, 0.1) is 12.4 Å². The van der Waals surface area contributed by atoms with E-state index in [4.69, 9.17) is 9.26 Å². The van der Waals surface area contributed by atoms with Crippen molar-refractivity contribution in [3.63, 3.8) is 0 Å². The van der Waals surface area contributed by atoms with Gasteiger partial charge in [-0.2, -0.15) is 0 Å². The molecule has 152 valence electrons. The van der Waals surface area contributed by atoms with E-state index in [-0.39, 0.29) is 5.91 Å². The Labute approximate surface area is 173 Å². The van der Waals surface area contributed by atoms with Crippen LogP contribution in [-0.4, -0.2) is 23.5 Å². The number of anilines is 1. The Morgan fingerprint density at radius 2 is 1.86 bits per heavy atom. The van der Waals surface area contributed by atoms with Crippen LogP contribution in [0, 0.1) is 13.8 Å². The van der Waals surface area contributed by atoms with Gasteiger partial charge >= 0.3 is 10.7 Å². The predicted molar refractivity (Wildman–Crippen MR) is 112 cm³/mol. The second-order valence-electron chi connectivity index (χ2n) is 6.70. The van der Waals surface area contributed by atoms with Gasteiger partial charge in [0.1, 0.15) is 5.75 Å². The molecule has 1 heterocycles. The van der Waals surface area contributed by atoms with Crippen LogP contribution in [0.4, 0.5) is 5.69 Å². The second-order valence-corrected chi connectivity index (χ2v) is 7.89. The van der Waals surface area contributed by atoms with Crippen LogP contribution in [0.5, 0.6) is 5.75 Å². The van der Waals surface area contributed by atoms with E-state index in [9.17, 15) is 9.59 Å². The monoisotopic (exact) mass is 414 g/mol. The molecule has 29 heavy (non-hydrogen) atoms. The molecule has 1 atom stereocenters. The number of amides is 1. The molecule has 1 amide bonds. The molecular formula is C21H24N3O4S+. The normalized spacial score (nSPS) is 11.9. The molecule has 7 nitrogen and oxygen atoms in total. The molecule has 0 radical (unpaired) electrons. The molecule has 1 unspecified atom stereocenters. The molecule has 0 bridgehead atoms. The fourth-order valence-corrected chi connectivity index (χ4v) is 3.98. The quantitative estimate of drug-likeness (QED) is 0.457. The zero-order valence-electron chi connectivity index (χ0n) is 16.8. The number of aryl methyl sites for hydroxylation is 2. The van der Waals surface area contributed by atoms with Gasteiger partial charge in [-0.15, -0.1) is 0 Å². The molecule has 3 aromatic rings. The Hall–Kier alpha value is -3.00. The average Bonchev–Trinajstić information content (AvgIpc) is 3.05. The number of hydrogen-bond donors (Lipinski definition) is 2. The summed E-state index contributed by atoms with van der Waals surface area (Å²) in [6.07, 6.45) is 0.550. The zero-order chi connectivity index (χ0) is 21.0. The van der Waals surface area contributed by atoms with Gasteiger partial charge in [0.2, 0.25) is 11.6 Å². The number of carbonyl (C=O) groups is 1. The minimum atomic E-state index is -0.525. The van der Waals surface area contributed by atoms with Gasteiger partial charge in [0.25, 0.3) is 0 Å². The Morgan fingerprint density at radius 1 is 1.21 bits per heavy atom. The van der Waals surface area contributed by atoms with E-state index >= 15 is 0 Å². The lowest BCUT2D eigenvalue weighted by Crippen LogP contribution is -2.37. The number of thioether (sulfide) groups is 1. The van der Waals surface area contributed by atoms with Gasteiger partial charge in [0, 0.05) is 17.8 Å². The summed E-state index contributed by atoms with van der Waals surface area (Å²) in [5, 5.41) is 5.39. The number of hydrogen-bond acceptors (Lipinski definition) is 5. The lowest BCUT2D eigenvalue weighted by molar-refractivity contribution is -0.704. The molecule has 0 fully saturated rings. The summed E-state index contributed by atoms with van der Waals surface area (Å²) in [4.78, 5) is 25.1. The fourth-order valence-electron chi connectivity index (χ4n) is 2.99. The maximum Gasteiger partial charge on any atom is 0.442 e. The van der Waals surface area contributed by atoms with Crippen molar-refractivity contribution >= 4 is 23.4 Å². The summed E-state index contributed by atoms with van der Waals surface area (Å²) < 4.78 is 11.7. The number of carbonyl (C=O) groups excluding carboxylic acids is 1. The van der Waals surface area contributed by atoms with Gasteiger partial charge in [-0.25, -0.2) is 4.79 Å². The molecule has 0 saturated carbocycles. The van der Waals surface area contributed by atoms with Crippen molar-refractivity contribution in [2.24, 2.45) is 0 Å². The highest BCUT2D eigenvalue weighted by Crippen LogP contribution is 2.24. The number of rotatable bonds is 7. The molecule has 0 aliphatic rings. The van der Waals surface area contributed by atoms with E-state index in [1.807, 2.05) is 39.0 Å². The van der Waals surface area contributed by atoms with Crippen LogP contribution in [-0.2, 0) is 4.79 Å². The van der Waals surface area contributed by atoms with Crippen molar-refractivity contribution < 1.29 is 18.7 Å². The van der Waals surface area contributed by atoms with Crippen LogP contribution in [0.3, 0.4) is 0 Å². The van der Waals surface area contributed by atoms with E-state index in [2.05, 4.69) is 10.6 Å². The van der Waals surface area contributed by atoms with E-state index in [0.717, 1.165) is 16.8 Å². The lowest BCUT2D eigenvalue weighted by Gasteiger charge is -2.13. The van der Waals surface area contributed by atoms with Gasteiger partial charge < -0.3 is 10.1 Å². The maximum absolute atomic E-state index is 12.8. The number of H-pyrrole nitrogens is 1. The first-order valence-electron chi connectivity index (χ1n) is 9.25. The predicted octanol–water partition coefficient (Wildman–Crippen LogP) is 3.38. The number of benzene rings is 2. The number of methoxy groups -OCH3 is 1. The summed E-state index contributed by atoms with van der Waals surface area (Å²) in [6.45, 7) is 5.87. The van der Waals surface area contributed by atoms with Crippen molar-refractivity contribution in [3.8, 4) is 11.4 Å². The summed E-state index contributed by atoms with van der Waals surface area (Å²) in [5.74, 6) is 0.540. The summed E-state index contributed by atoms with van der Waals surface area (Å²) in [6, 6.07) is 13.0. The summed E-state index contributed by atoms with van der Waals surface area (Å²) >= 11 is 1.17.